The van der Waals surface area contributed by atoms with Crippen molar-refractivity contribution >= 4 is 18.2 Å². The van der Waals surface area contributed by atoms with Crippen LogP contribution in [0.3, 0.4) is 0 Å². The van der Waals surface area contributed by atoms with Crippen molar-refractivity contribution in [2.75, 3.05) is 6.61 Å². The molecule has 2 aliphatic heterocycles. The predicted octanol–water partition coefficient (Wildman–Crippen LogP) is 13.1. The molecule has 1 N–H and O–H groups in total. The highest BCUT2D eigenvalue weighted by Crippen LogP contribution is 2.35. The SMILES string of the molecule is CCCCCCCCCCCCCC[C@@H]1OC(=O)O[C@H]1[C@H](CCC1OC(COC(=O)c2ccccc2)[C@H](O)C(OCc2ccccc2)[C@@H]1OCc1ccccc1)N(Cc1ccccc1)C(=O)OCc1ccccc1. The number of amides is 1. The van der Waals surface area contributed by atoms with Crippen LogP contribution in [-0.4, -0.2) is 83.6 Å². The Hall–Kier alpha value is -6.05. The smallest absolute Gasteiger partial charge is 0.459 e. The third-order valence-corrected chi connectivity index (χ3v) is 14.1. The molecule has 7 rings (SSSR count). The monoisotopic (exact) mass is 1010 g/mol. The Labute approximate surface area is 438 Å². The minimum Gasteiger partial charge on any atom is -0.459 e. The number of carbonyl (C=O) groups is 3. The van der Waals surface area contributed by atoms with Gasteiger partial charge in [-0.1, -0.05) is 217 Å². The molecule has 2 fully saturated rings. The highest BCUT2D eigenvalue weighted by atomic mass is 16.8. The van der Waals surface area contributed by atoms with Gasteiger partial charge in [0.25, 0.3) is 0 Å². The van der Waals surface area contributed by atoms with Gasteiger partial charge in [0.05, 0.1) is 30.9 Å². The Morgan fingerprint density at radius 1 is 0.541 bits per heavy atom. The summed E-state index contributed by atoms with van der Waals surface area (Å²) in [6.45, 7) is 2.50. The Balaban J connectivity index is 1.16. The first-order chi connectivity index (χ1) is 36.4. The molecule has 3 unspecified atom stereocenters. The van der Waals surface area contributed by atoms with Gasteiger partial charge >= 0.3 is 18.2 Å². The zero-order chi connectivity index (χ0) is 51.6. The van der Waals surface area contributed by atoms with Crippen LogP contribution in [0.2, 0.25) is 0 Å². The number of carbonyl (C=O) groups excluding carboxylic acids is 3. The Morgan fingerprint density at radius 3 is 1.58 bits per heavy atom. The van der Waals surface area contributed by atoms with Crippen LogP contribution in [0.25, 0.3) is 0 Å². The summed E-state index contributed by atoms with van der Waals surface area (Å²) >= 11 is 0. The van der Waals surface area contributed by atoms with E-state index in [4.69, 9.17) is 33.2 Å². The second-order valence-electron chi connectivity index (χ2n) is 19.7. The fourth-order valence-electron chi connectivity index (χ4n) is 9.99. The van der Waals surface area contributed by atoms with Crippen molar-refractivity contribution in [3.05, 3.63) is 179 Å². The Kier molecular flexibility index (Phi) is 23.3. The number of hydrogen-bond acceptors (Lipinski definition) is 11. The molecular weight excluding hydrogens is 935 g/mol. The molecule has 74 heavy (non-hydrogen) atoms. The van der Waals surface area contributed by atoms with Gasteiger partial charge in [0.1, 0.15) is 43.7 Å². The van der Waals surface area contributed by atoms with E-state index >= 15 is 0 Å². The van der Waals surface area contributed by atoms with Crippen LogP contribution in [0.15, 0.2) is 152 Å². The molecule has 12 heteroatoms. The third kappa shape index (κ3) is 17.8. The number of unbranched alkanes of at least 4 members (excludes halogenated alkanes) is 11. The van der Waals surface area contributed by atoms with Crippen LogP contribution in [0.4, 0.5) is 9.59 Å². The number of esters is 1. The highest BCUT2D eigenvalue weighted by molar-refractivity contribution is 5.89. The molecule has 8 atom stereocenters. The number of cyclic esters (lactones) is 2. The van der Waals surface area contributed by atoms with E-state index in [0.29, 0.717) is 12.0 Å². The summed E-state index contributed by atoms with van der Waals surface area (Å²) in [5, 5.41) is 12.2. The Morgan fingerprint density at radius 2 is 1.03 bits per heavy atom. The van der Waals surface area contributed by atoms with Crippen molar-refractivity contribution in [3.63, 3.8) is 0 Å². The van der Waals surface area contributed by atoms with Crippen LogP contribution in [0.1, 0.15) is 136 Å². The summed E-state index contributed by atoms with van der Waals surface area (Å²) in [4.78, 5) is 43.1. The summed E-state index contributed by atoms with van der Waals surface area (Å²) < 4.78 is 44.3. The van der Waals surface area contributed by atoms with Gasteiger partial charge in [0.2, 0.25) is 0 Å². The molecular formula is C62H77NO11. The number of aliphatic hydroxyl groups is 1. The minimum atomic E-state index is -1.28. The van der Waals surface area contributed by atoms with Crippen molar-refractivity contribution in [3.8, 4) is 0 Å². The molecule has 0 aromatic heterocycles. The van der Waals surface area contributed by atoms with E-state index in [1.54, 1.807) is 29.2 Å². The topological polar surface area (TPSA) is 139 Å². The molecule has 2 aliphatic rings. The first kappa shape index (κ1) is 55.7. The van der Waals surface area contributed by atoms with E-state index in [0.717, 1.165) is 47.9 Å². The molecule has 2 saturated heterocycles. The molecule has 0 spiro atoms. The van der Waals surface area contributed by atoms with Gasteiger partial charge in [-0.25, -0.2) is 14.4 Å². The lowest BCUT2D eigenvalue weighted by Crippen LogP contribution is -2.61. The molecule has 5 aromatic rings. The van der Waals surface area contributed by atoms with Crippen LogP contribution >= 0.6 is 0 Å². The molecule has 0 radical (unpaired) electrons. The summed E-state index contributed by atoms with van der Waals surface area (Å²) in [6, 6.07) is 46.5. The fourth-order valence-corrected chi connectivity index (χ4v) is 9.99. The quantitative estimate of drug-likeness (QED) is 0.0258. The highest BCUT2D eigenvalue weighted by Gasteiger charge is 2.50. The van der Waals surface area contributed by atoms with Gasteiger partial charge in [-0.2, -0.15) is 0 Å². The van der Waals surface area contributed by atoms with Crippen LogP contribution < -0.4 is 0 Å². The van der Waals surface area contributed by atoms with Crippen LogP contribution in [0.5, 0.6) is 0 Å². The van der Waals surface area contributed by atoms with Crippen molar-refractivity contribution in [1.29, 1.82) is 0 Å². The van der Waals surface area contributed by atoms with Gasteiger partial charge in [0.15, 0.2) is 6.10 Å². The lowest BCUT2D eigenvalue weighted by molar-refractivity contribution is -0.259. The molecule has 0 aliphatic carbocycles. The van der Waals surface area contributed by atoms with Crippen molar-refractivity contribution in [2.45, 2.75) is 178 Å². The Bertz CT molecular complexity index is 2340. The molecule has 396 valence electrons. The van der Waals surface area contributed by atoms with Gasteiger partial charge in [-0.15, -0.1) is 0 Å². The molecule has 0 bridgehead atoms. The number of nitrogens with zero attached hydrogens (tertiary/aromatic N) is 1. The average Bonchev–Trinajstić information content (AvgIpc) is 3.81. The van der Waals surface area contributed by atoms with Gasteiger partial charge in [-0.05, 0) is 60.1 Å². The summed E-state index contributed by atoms with van der Waals surface area (Å²) in [6.07, 6.45) is 7.64. The van der Waals surface area contributed by atoms with Gasteiger partial charge in [-0.3, -0.25) is 4.90 Å². The van der Waals surface area contributed by atoms with E-state index in [-0.39, 0.29) is 45.8 Å². The lowest BCUT2D eigenvalue weighted by Gasteiger charge is -2.45. The maximum atomic E-state index is 14.8. The van der Waals surface area contributed by atoms with E-state index in [2.05, 4.69) is 6.92 Å². The number of benzene rings is 5. The second kappa shape index (κ2) is 31.0. The third-order valence-electron chi connectivity index (χ3n) is 14.1. The van der Waals surface area contributed by atoms with Crippen LogP contribution in [-0.2, 0) is 59.5 Å². The molecule has 5 aromatic carbocycles. The zero-order valence-corrected chi connectivity index (χ0v) is 43.2. The van der Waals surface area contributed by atoms with Crippen molar-refractivity contribution in [1.82, 2.24) is 4.90 Å². The van der Waals surface area contributed by atoms with E-state index in [9.17, 15) is 19.5 Å². The summed E-state index contributed by atoms with van der Waals surface area (Å²) in [7, 11) is 0. The number of rotatable bonds is 31. The molecule has 1 amide bonds. The normalized spacial score (nSPS) is 20.8. The average molecular weight is 1010 g/mol. The maximum absolute atomic E-state index is 14.8. The summed E-state index contributed by atoms with van der Waals surface area (Å²) in [5.41, 5.74) is 3.84. The fraction of sp³-hybridized carbons (Fsp3) is 0.468. The van der Waals surface area contributed by atoms with Crippen LogP contribution in [0, 0.1) is 0 Å². The number of aliphatic hydroxyl groups excluding tert-OH is 1. The minimum absolute atomic E-state index is 0.0315. The van der Waals surface area contributed by atoms with Gasteiger partial charge in [0, 0.05) is 6.54 Å². The van der Waals surface area contributed by atoms with Crippen molar-refractivity contribution < 1.29 is 52.6 Å². The standard InChI is InChI=1S/C62H77NO11/c1-2-3-4-5-6-7-8-9-10-11-12-28-39-53-57(74-62(67)73-53)52(63(42-47-29-18-13-19-30-47)61(66)71-45-50-35-24-16-25-36-50)40-41-54-58(68-43-48-31-20-14-21-32-48)59(69-44-49-33-22-15-23-34-49)56(64)55(72-54)46-70-60(65)51-37-26-17-27-38-51/h13-27,29-38,52-59,64H,2-12,28,39-46H2,1H3/t52-,53-,54?,55?,56-,57-,58+,59?/m0/s1. The largest absolute Gasteiger partial charge is 0.509 e. The van der Waals surface area contributed by atoms with E-state index in [1.165, 1.54) is 51.4 Å². The maximum Gasteiger partial charge on any atom is 0.509 e. The first-order valence-corrected chi connectivity index (χ1v) is 27.1. The number of hydrogen-bond donors (Lipinski definition) is 1. The number of ether oxygens (including phenoxy) is 7. The summed E-state index contributed by atoms with van der Waals surface area (Å²) in [5.74, 6) is -0.560. The molecule has 0 saturated carbocycles. The second-order valence-corrected chi connectivity index (χ2v) is 19.7. The predicted molar refractivity (Wildman–Crippen MR) is 284 cm³/mol. The zero-order valence-electron chi connectivity index (χ0n) is 43.2. The lowest BCUT2D eigenvalue weighted by atomic mass is 9.88. The molecule has 12 nitrogen and oxygen atoms in total. The first-order valence-electron chi connectivity index (χ1n) is 27.1. The van der Waals surface area contributed by atoms with E-state index in [1.807, 2.05) is 127 Å². The van der Waals surface area contributed by atoms with Crippen molar-refractivity contribution in [2.24, 2.45) is 0 Å². The molecule has 2 heterocycles. The van der Waals surface area contributed by atoms with E-state index < -0.39 is 67.0 Å². The van der Waals surface area contributed by atoms with Gasteiger partial charge < -0.3 is 38.3 Å².